The third kappa shape index (κ3) is 6.28. The Morgan fingerprint density at radius 2 is 1.89 bits per heavy atom. The van der Waals surface area contributed by atoms with Crippen molar-refractivity contribution in [2.24, 2.45) is 4.99 Å². The molecule has 0 unspecified atom stereocenters. The van der Waals surface area contributed by atoms with E-state index in [1.807, 2.05) is 20.0 Å². The van der Waals surface area contributed by atoms with Gasteiger partial charge in [0.2, 0.25) is 0 Å². The second kappa shape index (κ2) is 10.9. The molecule has 2 aromatic heterocycles. The lowest BCUT2D eigenvalue weighted by atomic mass is 10.2. The molecule has 0 bridgehead atoms. The van der Waals surface area contributed by atoms with Crippen molar-refractivity contribution in [1.82, 2.24) is 25.5 Å². The van der Waals surface area contributed by atoms with Crippen molar-refractivity contribution in [3.63, 3.8) is 0 Å². The molecule has 3 heterocycles. The van der Waals surface area contributed by atoms with Gasteiger partial charge in [0.15, 0.2) is 5.96 Å². The quantitative estimate of drug-likeness (QED) is 0.362. The van der Waals surface area contributed by atoms with Gasteiger partial charge in [-0.2, -0.15) is 0 Å². The van der Waals surface area contributed by atoms with Gasteiger partial charge in [-0.05, 0) is 38.6 Å². The highest BCUT2D eigenvalue weighted by molar-refractivity contribution is 14.0. The van der Waals surface area contributed by atoms with E-state index in [0.717, 1.165) is 55.2 Å². The lowest BCUT2D eigenvalue weighted by molar-refractivity contribution is 0.312. The fraction of sp³-hybridized carbons (Fsp3) is 0.526. The van der Waals surface area contributed by atoms with Crippen LogP contribution in [0.1, 0.15) is 21.1 Å². The summed E-state index contributed by atoms with van der Waals surface area (Å²) in [5.74, 6) is 1.85. The van der Waals surface area contributed by atoms with Crippen LogP contribution in [0.2, 0.25) is 0 Å². The summed E-state index contributed by atoms with van der Waals surface area (Å²) in [6.45, 7) is 9.75. The van der Waals surface area contributed by atoms with Crippen LogP contribution in [0.5, 0.6) is 0 Å². The Morgan fingerprint density at radius 1 is 1.18 bits per heavy atom. The molecule has 154 valence electrons. The van der Waals surface area contributed by atoms with Crippen LogP contribution in [-0.2, 0) is 13.1 Å². The summed E-state index contributed by atoms with van der Waals surface area (Å²) < 4.78 is 0. The molecule has 0 aliphatic carbocycles. The highest BCUT2D eigenvalue weighted by Crippen LogP contribution is 2.17. The number of aromatic nitrogens is 2. The predicted octanol–water partition coefficient (Wildman–Crippen LogP) is 2.39. The standard InChI is InChI=1S/C19H29N7S.HI/c1-14-17(27-15(2)24-14)13-23-19(20-3)22-12-16-5-6-21-18(11-16)26-9-7-25(4)8-10-26;/h5-6,11H,7-10,12-13H2,1-4H3,(H2,20,22,23);1H. The molecule has 1 fully saturated rings. The Morgan fingerprint density at radius 3 is 2.54 bits per heavy atom. The molecule has 0 amide bonds. The highest BCUT2D eigenvalue weighted by atomic mass is 127. The van der Waals surface area contributed by atoms with Gasteiger partial charge in [-0.25, -0.2) is 9.97 Å². The smallest absolute Gasteiger partial charge is 0.191 e. The number of likely N-dealkylation sites (N-methyl/N-ethyl adjacent to an activating group) is 1. The minimum Gasteiger partial charge on any atom is -0.354 e. The van der Waals surface area contributed by atoms with Crippen molar-refractivity contribution in [1.29, 1.82) is 0 Å². The van der Waals surface area contributed by atoms with Crippen molar-refractivity contribution in [3.8, 4) is 0 Å². The molecule has 1 aliphatic heterocycles. The fourth-order valence-electron chi connectivity index (χ4n) is 3.09. The summed E-state index contributed by atoms with van der Waals surface area (Å²) in [6.07, 6.45) is 1.89. The minimum atomic E-state index is 0. The first-order valence-corrected chi connectivity index (χ1v) is 10.1. The monoisotopic (exact) mass is 515 g/mol. The molecule has 0 aromatic carbocycles. The van der Waals surface area contributed by atoms with Crippen molar-refractivity contribution in [3.05, 3.63) is 39.5 Å². The second-order valence-corrected chi connectivity index (χ2v) is 8.12. The van der Waals surface area contributed by atoms with Crippen molar-refractivity contribution in [2.75, 3.05) is 45.2 Å². The van der Waals surface area contributed by atoms with Crippen LogP contribution in [0.15, 0.2) is 23.3 Å². The maximum Gasteiger partial charge on any atom is 0.191 e. The summed E-state index contributed by atoms with van der Waals surface area (Å²) in [5.41, 5.74) is 2.29. The van der Waals surface area contributed by atoms with E-state index in [1.165, 1.54) is 10.4 Å². The molecular formula is C19H30IN7S. The van der Waals surface area contributed by atoms with Gasteiger partial charge in [-0.15, -0.1) is 35.3 Å². The molecule has 1 saturated heterocycles. The summed E-state index contributed by atoms with van der Waals surface area (Å²) in [6, 6.07) is 4.22. The van der Waals surface area contributed by atoms with Gasteiger partial charge in [0.05, 0.1) is 17.2 Å². The maximum atomic E-state index is 4.55. The molecule has 0 saturated carbocycles. The first kappa shape index (κ1) is 22.8. The summed E-state index contributed by atoms with van der Waals surface area (Å²) in [7, 11) is 3.96. The molecule has 3 rings (SSSR count). The van der Waals surface area contributed by atoms with E-state index >= 15 is 0 Å². The van der Waals surface area contributed by atoms with Gasteiger partial charge in [0.1, 0.15) is 5.82 Å². The number of piperazine rings is 1. The number of rotatable bonds is 5. The minimum absolute atomic E-state index is 0. The number of halogens is 1. The Balaban J connectivity index is 0.00000280. The molecule has 2 aromatic rings. The maximum absolute atomic E-state index is 4.55. The van der Waals surface area contributed by atoms with Crippen LogP contribution in [0.4, 0.5) is 5.82 Å². The van der Waals surface area contributed by atoms with Crippen LogP contribution in [0.3, 0.4) is 0 Å². The Hall–Kier alpha value is -1.46. The first-order chi connectivity index (χ1) is 13.0. The highest BCUT2D eigenvalue weighted by Gasteiger charge is 2.15. The van der Waals surface area contributed by atoms with Crippen LogP contribution in [0.25, 0.3) is 0 Å². The Bertz CT molecular complexity index is 784. The molecule has 9 heteroatoms. The topological polar surface area (TPSA) is 68.7 Å². The van der Waals surface area contributed by atoms with E-state index < -0.39 is 0 Å². The lowest BCUT2D eigenvalue weighted by Gasteiger charge is -2.33. The number of guanidine groups is 1. The van der Waals surface area contributed by atoms with Crippen LogP contribution in [-0.4, -0.2) is 61.1 Å². The normalized spacial score (nSPS) is 15.3. The van der Waals surface area contributed by atoms with Crippen molar-refractivity contribution < 1.29 is 0 Å². The van der Waals surface area contributed by atoms with E-state index in [4.69, 9.17) is 0 Å². The fourth-order valence-corrected chi connectivity index (χ4v) is 3.96. The zero-order valence-corrected chi connectivity index (χ0v) is 20.2. The number of hydrogen-bond donors (Lipinski definition) is 2. The molecule has 2 N–H and O–H groups in total. The number of aryl methyl sites for hydroxylation is 2. The van der Waals surface area contributed by atoms with E-state index in [1.54, 1.807) is 18.4 Å². The van der Waals surface area contributed by atoms with Crippen LogP contribution >= 0.6 is 35.3 Å². The molecule has 1 aliphatic rings. The van der Waals surface area contributed by atoms with Gasteiger partial charge in [-0.3, -0.25) is 4.99 Å². The molecule has 28 heavy (non-hydrogen) atoms. The molecule has 0 radical (unpaired) electrons. The SMILES string of the molecule is CN=C(NCc1ccnc(N2CCN(C)CC2)c1)NCc1sc(C)nc1C.I. The van der Waals surface area contributed by atoms with E-state index in [9.17, 15) is 0 Å². The van der Waals surface area contributed by atoms with E-state index in [2.05, 4.69) is 54.6 Å². The predicted molar refractivity (Wildman–Crippen MR) is 128 cm³/mol. The lowest BCUT2D eigenvalue weighted by Crippen LogP contribution is -2.44. The molecule has 0 atom stereocenters. The van der Waals surface area contributed by atoms with Gasteiger partial charge in [0, 0.05) is 50.8 Å². The van der Waals surface area contributed by atoms with E-state index in [0.29, 0.717) is 6.54 Å². The molecule has 0 spiro atoms. The van der Waals surface area contributed by atoms with Gasteiger partial charge in [-0.1, -0.05) is 0 Å². The first-order valence-electron chi connectivity index (χ1n) is 9.31. The van der Waals surface area contributed by atoms with Crippen molar-refractivity contribution >= 4 is 47.1 Å². The summed E-state index contributed by atoms with van der Waals surface area (Å²) >= 11 is 1.73. The number of nitrogens with one attached hydrogen (secondary N) is 2. The number of anilines is 1. The Labute approximate surface area is 188 Å². The van der Waals surface area contributed by atoms with Gasteiger partial charge >= 0.3 is 0 Å². The number of thiazole rings is 1. The second-order valence-electron chi connectivity index (χ2n) is 6.83. The summed E-state index contributed by atoms with van der Waals surface area (Å²) in [4.78, 5) is 19.3. The molecular weight excluding hydrogens is 485 g/mol. The average molecular weight is 515 g/mol. The zero-order valence-electron chi connectivity index (χ0n) is 17.0. The van der Waals surface area contributed by atoms with Gasteiger partial charge in [0.25, 0.3) is 0 Å². The van der Waals surface area contributed by atoms with E-state index in [-0.39, 0.29) is 24.0 Å². The van der Waals surface area contributed by atoms with Crippen LogP contribution < -0.4 is 15.5 Å². The number of aliphatic imine (C=N–C) groups is 1. The van der Waals surface area contributed by atoms with Crippen LogP contribution in [0, 0.1) is 13.8 Å². The van der Waals surface area contributed by atoms with Crippen molar-refractivity contribution in [2.45, 2.75) is 26.9 Å². The number of pyridine rings is 1. The largest absolute Gasteiger partial charge is 0.354 e. The zero-order chi connectivity index (χ0) is 19.2. The Kier molecular flexibility index (Phi) is 8.90. The molecule has 7 nitrogen and oxygen atoms in total. The third-order valence-corrected chi connectivity index (χ3v) is 5.81. The summed E-state index contributed by atoms with van der Waals surface area (Å²) in [5, 5.41) is 7.86. The van der Waals surface area contributed by atoms with Gasteiger partial charge < -0.3 is 20.4 Å². The number of hydrogen-bond acceptors (Lipinski definition) is 6. The third-order valence-electron chi connectivity index (χ3n) is 4.74. The average Bonchev–Trinajstić information content (AvgIpc) is 3.00. The number of nitrogens with zero attached hydrogens (tertiary/aromatic N) is 5.